The summed E-state index contributed by atoms with van der Waals surface area (Å²) in [6, 6.07) is 12.2. The van der Waals surface area contributed by atoms with Gasteiger partial charge in [-0.2, -0.15) is 0 Å². The number of nitrogens with one attached hydrogen (secondary N) is 1. The molecule has 0 heterocycles. The van der Waals surface area contributed by atoms with Crippen LogP contribution in [0.4, 0.5) is 11.4 Å². The summed E-state index contributed by atoms with van der Waals surface area (Å²) in [4.78, 5) is 26.2. The van der Waals surface area contributed by atoms with Gasteiger partial charge in [-0.3, -0.25) is 4.79 Å². The van der Waals surface area contributed by atoms with E-state index in [1.54, 1.807) is 18.2 Å². The number of unbranched alkanes of at least 4 members (excludes halogenated alkanes) is 1. The van der Waals surface area contributed by atoms with Crippen molar-refractivity contribution in [2.45, 2.75) is 33.6 Å². The number of hydrogen-bond acceptors (Lipinski definition) is 3. The van der Waals surface area contributed by atoms with Crippen LogP contribution in [0.2, 0.25) is 0 Å². The van der Waals surface area contributed by atoms with Gasteiger partial charge in [-0.1, -0.05) is 31.5 Å². The minimum Gasteiger partial charge on any atom is -0.478 e. The number of aromatic carboxylic acids is 1. The van der Waals surface area contributed by atoms with Gasteiger partial charge in [0.15, 0.2) is 0 Å². The summed E-state index contributed by atoms with van der Waals surface area (Å²) in [7, 11) is 0. The second kappa shape index (κ2) is 9.04. The number of anilines is 2. The van der Waals surface area contributed by atoms with Crippen LogP contribution in [0.15, 0.2) is 42.5 Å². The molecule has 0 saturated carbocycles. The highest BCUT2D eigenvalue weighted by Crippen LogP contribution is 2.28. The first-order valence-electron chi connectivity index (χ1n) is 8.97. The Bertz CT molecular complexity index is 787. The van der Waals surface area contributed by atoms with E-state index in [1.807, 2.05) is 32.0 Å². The molecule has 0 saturated heterocycles. The Morgan fingerprint density at radius 2 is 1.85 bits per heavy atom. The molecule has 0 aliphatic heterocycles. The van der Waals surface area contributed by atoms with Gasteiger partial charge in [0.05, 0.1) is 16.9 Å². The predicted molar refractivity (Wildman–Crippen MR) is 105 cm³/mol. The van der Waals surface area contributed by atoms with Crippen molar-refractivity contribution in [3.8, 4) is 0 Å². The molecule has 2 aromatic rings. The molecule has 5 nitrogen and oxygen atoms in total. The molecule has 5 heteroatoms. The summed E-state index contributed by atoms with van der Waals surface area (Å²) in [5.41, 5.74) is 2.97. The SMILES string of the molecule is CCCCN(CC)c1ccc(C(=O)O)cc1NC(=O)c1ccccc1C. The summed E-state index contributed by atoms with van der Waals surface area (Å²) in [6.07, 6.45) is 2.09. The molecule has 2 rings (SSSR count). The van der Waals surface area contributed by atoms with Crippen LogP contribution >= 0.6 is 0 Å². The number of benzene rings is 2. The lowest BCUT2D eigenvalue weighted by Crippen LogP contribution is -2.26. The van der Waals surface area contributed by atoms with Crippen molar-refractivity contribution < 1.29 is 14.7 Å². The average molecular weight is 354 g/mol. The first-order chi connectivity index (χ1) is 12.5. The molecule has 2 N–H and O–H groups in total. The molecule has 0 radical (unpaired) electrons. The van der Waals surface area contributed by atoms with E-state index in [4.69, 9.17) is 0 Å². The van der Waals surface area contributed by atoms with Crippen molar-refractivity contribution in [3.05, 3.63) is 59.2 Å². The molecule has 0 aliphatic rings. The van der Waals surface area contributed by atoms with Crippen molar-refractivity contribution in [2.24, 2.45) is 0 Å². The Kier molecular flexibility index (Phi) is 6.78. The van der Waals surface area contributed by atoms with Crippen molar-refractivity contribution in [2.75, 3.05) is 23.3 Å². The zero-order valence-corrected chi connectivity index (χ0v) is 15.6. The molecule has 0 spiro atoms. The number of aryl methyl sites for hydroxylation is 1. The van der Waals surface area contributed by atoms with Gasteiger partial charge in [0.2, 0.25) is 0 Å². The van der Waals surface area contributed by atoms with Crippen LogP contribution in [0.5, 0.6) is 0 Å². The van der Waals surface area contributed by atoms with Gasteiger partial charge in [0.25, 0.3) is 5.91 Å². The summed E-state index contributed by atoms with van der Waals surface area (Å²) in [5.74, 6) is -1.25. The van der Waals surface area contributed by atoms with Crippen LogP contribution in [-0.4, -0.2) is 30.1 Å². The van der Waals surface area contributed by atoms with E-state index >= 15 is 0 Å². The molecule has 0 fully saturated rings. The molecule has 1 amide bonds. The fourth-order valence-corrected chi connectivity index (χ4v) is 2.86. The number of carboxylic acid groups (broad SMARTS) is 1. The van der Waals surface area contributed by atoms with Crippen LogP contribution in [0.3, 0.4) is 0 Å². The minimum atomic E-state index is -1.01. The predicted octanol–water partition coefficient (Wildman–Crippen LogP) is 4.57. The Morgan fingerprint density at radius 1 is 1.12 bits per heavy atom. The van der Waals surface area contributed by atoms with Crippen LogP contribution in [0, 0.1) is 6.92 Å². The number of hydrogen-bond donors (Lipinski definition) is 2. The smallest absolute Gasteiger partial charge is 0.335 e. The zero-order chi connectivity index (χ0) is 19.1. The lowest BCUT2D eigenvalue weighted by atomic mass is 10.1. The molecule has 0 aliphatic carbocycles. The van der Waals surface area contributed by atoms with Crippen molar-refractivity contribution in [1.82, 2.24) is 0 Å². The lowest BCUT2D eigenvalue weighted by Gasteiger charge is -2.26. The van der Waals surface area contributed by atoms with E-state index in [0.29, 0.717) is 11.3 Å². The maximum absolute atomic E-state index is 12.7. The molecule has 0 bridgehead atoms. The van der Waals surface area contributed by atoms with Gasteiger partial charge >= 0.3 is 5.97 Å². The highest BCUT2D eigenvalue weighted by atomic mass is 16.4. The molecular weight excluding hydrogens is 328 g/mol. The molecule has 0 aromatic heterocycles. The normalized spacial score (nSPS) is 10.4. The summed E-state index contributed by atoms with van der Waals surface area (Å²) < 4.78 is 0. The second-order valence-electron chi connectivity index (χ2n) is 6.24. The van der Waals surface area contributed by atoms with E-state index in [1.165, 1.54) is 6.07 Å². The first-order valence-corrected chi connectivity index (χ1v) is 8.97. The van der Waals surface area contributed by atoms with Crippen LogP contribution in [0.1, 0.15) is 53.0 Å². The molecule has 0 atom stereocenters. The summed E-state index contributed by atoms with van der Waals surface area (Å²) in [6.45, 7) is 7.69. The third-order valence-corrected chi connectivity index (χ3v) is 4.39. The fourth-order valence-electron chi connectivity index (χ4n) is 2.86. The van der Waals surface area contributed by atoms with Crippen molar-refractivity contribution in [3.63, 3.8) is 0 Å². The number of nitrogens with zero attached hydrogens (tertiary/aromatic N) is 1. The number of carboxylic acids is 1. The number of carbonyl (C=O) groups is 2. The number of rotatable bonds is 8. The molecule has 2 aromatic carbocycles. The van der Waals surface area contributed by atoms with E-state index in [0.717, 1.165) is 37.2 Å². The van der Waals surface area contributed by atoms with Crippen LogP contribution < -0.4 is 10.2 Å². The van der Waals surface area contributed by atoms with Crippen molar-refractivity contribution in [1.29, 1.82) is 0 Å². The van der Waals surface area contributed by atoms with Crippen LogP contribution in [-0.2, 0) is 0 Å². The largest absolute Gasteiger partial charge is 0.478 e. The van der Waals surface area contributed by atoms with E-state index in [9.17, 15) is 14.7 Å². The van der Waals surface area contributed by atoms with Gasteiger partial charge in [-0.15, -0.1) is 0 Å². The topological polar surface area (TPSA) is 69.6 Å². The summed E-state index contributed by atoms with van der Waals surface area (Å²) in [5, 5.41) is 12.2. The third kappa shape index (κ3) is 4.63. The Labute approximate surface area is 154 Å². The number of carbonyl (C=O) groups excluding carboxylic acids is 1. The Hall–Kier alpha value is -2.82. The van der Waals surface area contributed by atoms with E-state index in [2.05, 4.69) is 17.1 Å². The first kappa shape index (κ1) is 19.5. The maximum Gasteiger partial charge on any atom is 0.335 e. The molecule has 26 heavy (non-hydrogen) atoms. The molecule has 138 valence electrons. The van der Waals surface area contributed by atoms with Gasteiger partial charge in [-0.25, -0.2) is 4.79 Å². The molecular formula is C21H26N2O3. The van der Waals surface area contributed by atoms with Crippen LogP contribution in [0.25, 0.3) is 0 Å². The number of amides is 1. The lowest BCUT2D eigenvalue weighted by molar-refractivity contribution is 0.0696. The average Bonchev–Trinajstić information content (AvgIpc) is 2.63. The standard InChI is InChI=1S/C21H26N2O3/c1-4-6-13-23(5-2)19-12-11-16(21(25)26)14-18(19)22-20(24)17-10-8-7-9-15(17)3/h7-12,14H,4-6,13H2,1-3H3,(H,22,24)(H,25,26). The third-order valence-electron chi connectivity index (χ3n) is 4.39. The Morgan fingerprint density at radius 3 is 2.46 bits per heavy atom. The monoisotopic (exact) mass is 354 g/mol. The highest BCUT2D eigenvalue weighted by Gasteiger charge is 2.16. The molecule has 0 unspecified atom stereocenters. The van der Waals surface area contributed by atoms with E-state index < -0.39 is 5.97 Å². The van der Waals surface area contributed by atoms with Gasteiger partial charge in [0, 0.05) is 18.7 Å². The minimum absolute atomic E-state index is 0.153. The van der Waals surface area contributed by atoms with Gasteiger partial charge in [0.1, 0.15) is 0 Å². The quantitative estimate of drug-likeness (QED) is 0.728. The van der Waals surface area contributed by atoms with Gasteiger partial charge in [-0.05, 0) is 50.1 Å². The highest BCUT2D eigenvalue weighted by molar-refractivity contribution is 6.07. The Balaban J connectivity index is 2.39. The second-order valence-corrected chi connectivity index (χ2v) is 6.24. The summed E-state index contributed by atoms with van der Waals surface area (Å²) >= 11 is 0. The fraction of sp³-hybridized carbons (Fsp3) is 0.333. The maximum atomic E-state index is 12.7. The van der Waals surface area contributed by atoms with Crippen molar-refractivity contribution >= 4 is 23.3 Å². The van der Waals surface area contributed by atoms with E-state index in [-0.39, 0.29) is 11.5 Å². The van der Waals surface area contributed by atoms with Gasteiger partial charge < -0.3 is 15.3 Å². The zero-order valence-electron chi connectivity index (χ0n) is 15.6.